The minimum atomic E-state index is -1.16. The average molecular weight is 340 g/mol. The van der Waals surface area contributed by atoms with E-state index in [0.29, 0.717) is 13.0 Å². The van der Waals surface area contributed by atoms with Crippen molar-refractivity contribution in [2.45, 2.75) is 50.2 Å². The van der Waals surface area contributed by atoms with Crippen LogP contribution in [0.4, 0.5) is 0 Å². The molecule has 1 fully saturated rings. The molecule has 1 saturated carbocycles. The van der Waals surface area contributed by atoms with Crippen LogP contribution in [0.3, 0.4) is 0 Å². The van der Waals surface area contributed by atoms with Crippen molar-refractivity contribution in [3.63, 3.8) is 0 Å². The number of ether oxygens (including phenoxy) is 1. The van der Waals surface area contributed by atoms with Crippen LogP contribution in [0.2, 0.25) is 0 Å². The zero-order valence-electron chi connectivity index (χ0n) is 14.2. The van der Waals surface area contributed by atoms with Gasteiger partial charge in [0, 0.05) is 5.92 Å². The highest BCUT2D eigenvalue weighted by Crippen LogP contribution is 2.43. The highest BCUT2D eigenvalue weighted by molar-refractivity contribution is 5.68. The number of carboxylic acids is 1. The van der Waals surface area contributed by atoms with Gasteiger partial charge in [-0.15, -0.1) is 0 Å². The first-order valence-corrected chi connectivity index (χ1v) is 8.78. The Morgan fingerprint density at radius 3 is 2.48 bits per heavy atom. The number of benzene rings is 2. The Morgan fingerprint density at radius 1 is 1.08 bits per heavy atom. The summed E-state index contributed by atoms with van der Waals surface area (Å²) >= 11 is 0. The molecule has 0 bridgehead atoms. The SMILES string of the molecule is O=C(O)CC1(O)CCCCC1c1ccc(OCc2ccccc2)cc1. The minimum Gasteiger partial charge on any atom is -0.489 e. The number of aliphatic carboxylic acids is 1. The van der Waals surface area contributed by atoms with Crippen LogP contribution in [-0.2, 0) is 11.4 Å². The zero-order valence-corrected chi connectivity index (χ0v) is 14.2. The molecule has 4 heteroatoms. The lowest BCUT2D eigenvalue weighted by atomic mass is 9.70. The number of hydrogen-bond donors (Lipinski definition) is 2. The number of carboxylic acid groups (broad SMARTS) is 1. The van der Waals surface area contributed by atoms with Gasteiger partial charge in [0.15, 0.2) is 0 Å². The summed E-state index contributed by atoms with van der Waals surface area (Å²) in [4.78, 5) is 11.1. The van der Waals surface area contributed by atoms with Gasteiger partial charge in [-0.25, -0.2) is 0 Å². The summed E-state index contributed by atoms with van der Waals surface area (Å²) < 4.78 is 5.79. The molecule has 0 heterocycles. The Bertz CT molecular complexity index is 696. The number of aliphatic hydroxyl groups is 1. The van der Waals surface area contributed by atoms with Gasteiger partial charge in [-0.3, -0.25) is 4.79 Å². The Kier molecular flexibility index (Phi) is 5.39. The molecule has 3 rings (SSSR count). The summed E-state index contributed by atoms with van der Waals surface area (Å²) in [6, 6.07) is 17.7. The van der Waals surface area contributed by atoms with Gasteiger partial charge in [0.1, 0.15) is 12.4 Å². The van der Waals surface area contributed by atoms with Gasteiger partial charge in [-0.2, -0.15) is 0 Å². The van der Waals surface area contributed by atoms with E-state index in [-0.39, 0.29) is 12.3 Å². The molecule has 2 atom stereocenters. The molecular formula is C21H24O4. The molecular weight excluding hydrogens is 316 g/mol. The largest absolute Gasteiger partial charge is 0.489 e. The van der Waals surface area contributed by atoms with Crippen LogP contribution in [0.5, 0.6) is 5.75 Å². The first kappa shape index (κ1) is 17.5. The molecule has 2 unspecified atom stereocenters. The van der Waals surface area contributed by atoms with Crippen molar-refractivity contribution >= 4 is 5.97 Å². The van der Waals surface area contributed by atoms with Crippen molar-refractivity contribution in [2.24, 2.45) is 0 Å². The molecule has 4 nitrogen and oxygen atoms in total. The van der Waals surface area contributed by atoms with Crippen LogP contribution in [0.15, 0.2) is 54.6 Å². The quantitative estimate of drug-likeness (QED) is 0.830. The zero-order chi connectivity index (χ0) is 17.7. The lowest BCUT2D eigenvalue weighted by Gasteiger charge is -2.39. The average Bonchev–Trinajstić information content (AvgIpc) is 2.61. The van der Waals surface area contributed by atoms with Crippen molar-refractivity contribution in [3.05, 3.63) is 65.7 Å². The monoisotopic (exact) mass is 340 g/mol. The highest BCUT2D eigenvalue weighted by Gasteiger charge is 2.41. The minimum absolute atomic E-state index is 0.138. The van der Waals surface area contributed by atoms with E-state index in [4.69, 9.17) is 9.84 Å². The first-order chi connectivity index (χ1) is 12.1. The molecule has 1 aliphatic carbocycles. The summed E-state index contributed by atoms with van der Waals surface area (Å²) in [5.41, 5.74) is 0.932. The first-order valence-electron chi connectivity index (χ1n) is 8.78. The van der Waals surface area contributed by atoms with Crippen molar-refractivity contribution in [3.8, 4) is 5.75 Å². The predicted octanol–water partition coefficient (Wildman–Crippen LogP) is 4.13. The lowest BCUT2D eigenvalue weighted by Crippen LogP contribution is -2.41. The van der Waals surface area contributed by atoms with E-state index in [1.165, 1.54) is 0 Å². The third-order valence-electron chi connectivity index (χ3n) is 4.99. The van der Waals surface area contributed by atoms with E-state index < -0.39 is 11.6 Å². The van der Waals surface area contributed by atoms with Crippen LogP contribution < -0.4 is 4.74 Å². The van der Waals surface area contributed by atoms with Gasteiger partial charge in [0.05, 0.1) is 12.0 Å². The van der Waals surface area contributed by atoms with Crippen LogP contribution in [0.1, 0.15) is 49.1 Å². The second-order valence-electron chi connectivity index (χ2n) is 6.82. The van der Waals surface area contributed by atoms with E-state index >= 15 is 0 Å². The molecule has 0 spiro atoms. The third-order valence-corrected chi connectivity index (χ3v) is 4.99. The number of hydrogen-bond acceptors (Lipinski definition) is 3. The van der Waals surface area contributed by atoms with Gasteiger partial charge < -0.3 is 14.9 Å². The second kappa shape index (κ2) is 7.70. The molecule has 0 amide bonds. The Morgan fingerprint density at radius 2 is 1.80 bits per heavy atom. The maximum absolute atomic E-state index is 11.1. The Balaban J connectivity index is 1.69. The number of carbonyl (C=O) groups is 1. The number of rotatable bonds is 6. The molecule has 1 aliphatic rings. The van der Waals surface area contributed by atoms with Crippen LogP contribution >= 0.6 is 0 Å². The maximum atomic E-state index is 11.1. The lowest BCUT2D eigenvalue weighted by molar-refractivity contribution is -0.145. The van der Waals surface area contributed by atoms with Crippen molar-refractivity contribution < 1.29 is 19.7 Å². The van der Waals surface area contributed by atoms with E-state index in [1.807, 2.05) is 54.6 Å². The van der Waals surface area contributed by atoms with E-state index in [2.05, 4.69) is 0 Å². The summed E-state index contributed by atoms with van der Waals surface area (Å²) in [6.07, 6.45) is 3.03. The summed E-state index contributed by atoms with van der Waals surface area (Å²) in [5, 5.41) is 20.0. The van der Waals surface area contributed by atoms with E-state index in [0.717, 1.165) is 36.1 Å². The maximum Gasteiger partial charge on any atom is 0.306 e. The molecule has 0 saturated heterocycles. The fourth-order valence-corrected chi connectivity index (χ4v) is 3.71. The van der Waals surface area contributed by atoms with Crippen LogP contribution in [-0.4, -0.2) is 21.8 Å². The normalized spacial score (nSPS) is 23.2. The van der Waals surface area contributed by atoms with Gasteiger partial charge in [0.25, 0.3) is 0 Å². The Labute approximate surface area is 148 Å². The van der Waals surface area contributed by atoms with Gasteiger partial charge in [-0.1, -0.05) is 55.3 Å². The van der Waals surface area contributed by atoms with E-state index in [9.17, 15) is 9.90 Å². The fraction of sp³-hybridized carbons (Fsp3) is 0.381. The van der Waals surface area contributed by atoms with Crippen LogP contribution in [0, 0.1) is 0 Å². The van der Waals surface area contributed by atoms with Crippen molar-refractivity contribution in [1.29, 1.82) is 0 Å². The Hall–Kier alpha value is -2.33. The van der Waals surface area contributed by atoms with Crippen molar-refractivity contribution in [2.75, 3.05) is 0 Å². The van der Waals surface area contributed by atoms with Gasteiger partial charge in [-0.05, 0) is 36.1 Å². The molecule has 25 heavy (non-hydrogen) atoms. The van der Waals surface area contributed by atoms with Gasteiger partial charge >= 0.3 is 5.97 Å². The van der Waals surface area contributed by atoms with Crippen LogP contribution in [0.25, 0.3) is 0 Å². The predicted molar refractivity (Wildman–Crippen MR) is 95.6 cm³/mol. The smallest absolute Gasteiger partial charge is 0.306 e. The molecule has 0 aromatic heterocycles. The topological polar surface area (TPSA) is 66.8 Å². The summed E-state index contributed by atoms with van der Waals surface area (Å²) in [5.74, 6) is -0.317. The van der Waals surface area contributed by atoms with Gasteiger partial charge in [0.2, 0.25) is 0 Å². The molecule has 0 radical (unpaired) electrons. The highest BCUT2D eigenvalue weighted by atomic mass is 16.5. The molecule has 2 aromatic carbocycles. The molecule has 0 aliphatic heterocycles. The summed E-state index contributed by atoms with van der Waals surface area (Å²) in [7, 11) is 0. The fourth-order valence-electron chi connectivity index (χ4n) is 3.71. The van der Waals surface area contributed by atoms with Crippen molar-refractivity contribution in [1.82, 2.24) is 0 Å². The third kappa shape index (κ3) is 4.40. The van der Waals surface area contributed by atoms with E-state index in [1.54, 1.807) is 0 Å². The standard InChI is InChI=1S/C21H24O4/c22-20(23)14-21(24)13-5-4-8-19(21)17-9-11-18(12-10-17)25-15-16-6-2-1-3-7-16/h1-3,6-7,9-12,19,24H,4-5,8,13-15H2,(H,22,23). The molecule has 2 N–H and O–H groups in total. The summed E-state index contributed by atoms with van der Waals surface area (Å²) in [6.45, 7) is 0.507. The second-order valence-corrected chi connectivity index (χ2v) is 6.82. The molecule has 132 valence electrons. The molecule has 2 aromatic rings.